The van der Waals surface area contributed by atoms with Gasteiger partial charge in [-0.25, -0.2) is 9.13 Å². The van der Waals surface area contributed by atoms with Gasteiger partial charge in [0, 0.05) is 11.1 Å². The van der Waals surface area contributed by atoms with Crippen LogP contribution in [-0.4, -0.2) is 23.4 Å². The first-order chi connectivity index (χ1) is 17.6. The van der Waals surface area contributed by atoms with E-state index in [2.05, 4.69) is 69.8 Å². The van der Waals surface area contributed by atoms with E-state index in [0.29, 0.717) is 0 Å². The zero-order chi connectivity index (χ0) is 24.8. The van der Waals surface area contributed by atoms with Gasteiger partial charge in [-0.15, -0.1) is 0 Å². The molecule has 0 amide bonds. The molecule has 6 aromatic rings. The van der Waals surface area contributed by atoms with Crippen LogP contribution in [0.3, 0.4) is 0 Å². The molecular weight excluding hydrogens is 448 g/mol. The van der Waals surface area contributed by atoms with Crippen molar-refractivity contribution in [2.75, 3.05) is 14.2 Å². The molecule has 6 nitrogen and oxygen atoms in total. The number of methoxy groups -OCH3 is 2. The average Bonchev–Trinajstić information content (AvgIpc) is 3.54. The minimum Gasteiger partial charge on any atom is -0.492 e. The van der Waals surface area contributed by atoms with Crippen molar-refractivity contribution >= 4 is 21.5 Å². The van der Waals surface area contributed by atoms with Crippen LogP contribution in [-0.2, 0) is 14.1 Å². The molecule has 0 saturated carbocycles. The van der Waals surface area contributed by atoms with Crippen molar-refractivity contribution in [2.45, 2.75) is 0 Å². The third-order valence-electron chi connectivity index (χ3n) is 6.72. The van der Waals surface area contributed by atoms with Gasteiger partial charge in [-0.2, -0.15) is 9.13 Å². The predicted octanol–water partition coefficient (Wildman–Crippen LogP) is 4.91. The van der Waals surface area contributed by atoms with Crippen molar-refractivity contribution < 1.29 is 18.6 Å². The quantitative estimate of drug-likeness (QED) is 0.332. The number of rotatable bonds is 5. The van der Waals surface area contributed by atoms with Crippen LogP contribution in [0.2, 0.25) is 0 Å². The monoisotopic (exact) mass is 476 g/mol. The molecule has 0 fully saturated rings. The minimum absolute atomic E-state index is 0.795. The average molecular weight is 477 g/mol. The van der Waals surface area contributed by atoms with Gasteiger partial charge >= 0.3 is 0 Å². The first-order valence-corrected chi connectivity index (χ1v) is 11.9. The molecule has 6 heteroatoms. The van der Waals surface area contributed by atoms with Crippen LogP contribution in [0.15, 0.2) is 98.1 Å². The highest BCUT2D eigenvalue weighted by Crippen LogP contribution is 2.49. The van der Waals surface area contributed by atoms with E-state index in [1.165, 1.54) is 0 Å². The molecule has 0 radical (unpaired) electrons. The summed E-state index contributed by atoms with van der Waals surface area (Å²) in [4.78, 5) is 0. The molecule has 36 heavy (non-hydrogen) atoms. The van der Waals surface area contributed by atoms with E-state index in [0.717, 1.165) is 55.5 Å². The second kappa shape index (κ2) is 8.57. The molecular formula is C30H28N4O2+2. The van der Waals surface area contributed by atoms with Crippen LogP contribution in [0, 0.1) is 0 Å². The van der Waals surface area contributed by atoms with Crippen LogP contribution in [0.1, 0.15) is 0 Å². The maximum Gasteiger partial charge on any atom is 0.248 e. The van der Waals surface area contributed by atoms with Crippen molar-refractivity contribution in [1.29, 1.82) is 0 Å². The number of aromatic nitrogens is 4. The molecule has 0 atom stereocenters. The van der Waals surface area contributed by atoms with E-state index < -0.39 is 0 Å². The van der Waals surface area contributed by atoms with Crippen molar-refractivity contribution in [3.63, 3.8) is 0 Å². The molecule has 0 aliphatic rings. The van der Waals surface area contributed by atoms with Gasteiger partial charge in [0.15, 0.2) is 22.9 Å². The van der Waals surface area contributed by atoms with Crippen molar-refractivity contribution in [3.05, 3.63) is 98.1 Å². The Morgan fingerprint density at radius 2 is 1.03 bits per heavy atom. The Hall–Kier alpha value is -4.58. The predicted molar refractivity (Wildman–Crippen MR) is 141 cm³/mol. The molecule has 178 valence electrons. The first-order valence-electron chi connectivity index (χ1n) is 11.9. The lowest BCUT2D eigenvalue weighted by Crippen LogP contribution is -2.23. The van der Waals surface area contributed by atoms with E-state index in [1.807, 2.05) is 60.7 Å². The molecule has 0 saturated heterocycles. The maximum absolute atomic E-state index is 6.20. The Labute approximate surface area is 209 Å². The normalized spacial score (nSPS) is 11.3. The van der Waals surface area contributed by atoms with E-state index in [9.17, 15) is 0 Å². The Kier molecular flexibility index (Phi) is 5.22. The summed E-state index contributed by atoms with van der Waals surface area (Å²) in [6.45, 7) is 0. The molecule has 0 unspecified atom stereocenters. The molecule has 2 aromatic heterocycles. The first kappa shape index (κ1) is 21.9. The van der Waals surface area contributed by atoms with Gasteiger partial charge in [0.2, 0.25) is 12.7 Å². The number of benzene rings is 4. The number of aryl methyl sites for hydroxylation is 2. The lowest BCUT2D eigenvalue weighted by molar-refractivity contribution is -0.670. The van der Waals surface area contributed by atoms with Crippen molar-refractivity contribution in [2.24, 2.45) is 14.1 Å². The second-order valence-corrected chi connectivity index (χ2v) is 9.02. The van der Waals surface area contributed by atoms with Crippen LogP contribution >= 0.6 is 0 Å². The van der Waals surface area contributed by atoms with Gasteiger partial charge in [-0.05, 0) is 33.7 Å². The van der Waals surface area contributed by atoms with Crippen LogP contribution in [0.5, 0.6) is 11.5 Å². The SMILES string of the molecule is COc1c(-n2cc[n+](C)c2)cc2ccccc2c1-c1c(OC)c(-n2cc[n+](C)c2)cc2ccccc12. The minimum atomic E-state index is 0.795. The fourth-order valence-electron chi connectivity index (χ4n) is 5.11. The fourth-order valence-corrected chi connectivity index (χ4v) is 5.11. The smallest absolute Gasteiger partial charge is 0.248 e. The van der Waals surface area contributed by atoms with Crippen LogP contribution < -0.4 is 18.6 Å². The zero-order valence-electron chi connectivity index (χ0n) is 20.8. The fraction of sp³-hybridized carbons (Fsp3) is 0.133. The summed E-state index contributed by atoms with van der Waals surface area (Å²) in [5.74, 6) is 1.59. The summed E-state index contributed by atoms with van der Waals surface area (Å²) in [5.41, 5.74) is 3.95. The highest BCUT2D eigenvalue weighted by molar-refractivity contribution is 6.12. The largest absolute Gasteiger partial charge is 0.492 e. The summed E-state index contributed by atoms with van der Waals surface area (Å²) in [5, 5.41) is 4.47. The van der Waals surface area contributed by atoms with E-state index in [4.69, 9.17) is 9.47 Å². The summed E-state index contributed by atoms with van der Waals surface area (Å²) in [7, 11) is 7.51. The van der Waals surface area contributed by atoms with E-state index >= 15 is 0 Å². The standard InChI is InChI=1S/C30H28N4O2/c1-31-13-15-33(19-31)25-17-21-9-5-7-11-23(21)27(29(25)35-3)28-24-12-8-6-10-22(24)18-26(30(28)36-4)34-16-14-32(2)20-34/h5-20H,1-4H3/q+2. The highest BCUT2D eigenvalue weighted by Gasteiger charge is 2.27. The lowest BCUT2D eigenvalue weighted by Gasteiger charge is -2.20. The highest BCUT2D eigenvalue weighted by atomic mass is 16.5. The number of imidazole rings is 2. The number of hydrogen-bond acceptors (Lipinski definition) is 2. The molecule has 0 aliphatic heterocycles. The lowest BCUT2D eigenvalue weighted by atomic mass is 9.90. The number of hydrogen-bond donors (Lipinski definition) is 0. The topological polar surface area (TPSA) is 36.1 Å². The van der Waals surface area contributed by atoms with Gasteiger partial charge in [-0.3, -0.25) is 0 Å². The van der Waals surface area contributed by atoms with Gasteiger partial charge in [0.05, 0.1) is 28.3 Å². The molecule has 0 spiro atoms. The zero-order valence-corrected chi connectivity index (χ0v) is 20.8. The van der Waals surface area contributed by atoms with Gasteiger partial charge < -0.3 is 9.47 Å². The Bertz CT molecular complexity index is 1620. The third-order valence-corrected chi connectivity index (χ3v) is 6.72. The molecule has 0 aliphatic carbocycles. The molecule has 0 bridgehead atoms. The Balaban J connectivity index is 1.81. The molecule has 0 N–H and O–H groups in total. The number of fused-ring (bicyclic) bond motifs is 2. The summed E-state index contributed by atoms with van der Waals surface area (Å²) in [6.07, 6.45) is 12.2. The summed E-state index contributed by atoms with van der Waals surface area (Å²) >= 11 is 0. The van der Waals surface area contributed by atoms with Crippen LogP contribution in [0.4, 0.5) is 0 Å². The molecule has 2 heterocycles. The second-order valence-electron chi connectivity index (χ2n) is 9.02. The Morgan fingerprint density at radius 3 is 1.39 bits per heavy atom. The maximum atomic E-state index is 6.20. The van der Waals surface area contributed by atoms with Crippen molar-refractivity contribution in [1.82, 2.24) is 9.13 Å². The third kappa shape index (κ3) is 3.41. The summed E-state index contributed by atoms with van der Waals surface area (Å²) < 4.78 is 20.7. The number of nitrogens with zero attached hydrogens (tertiary/aromatic N) is 4. The van der Waals surface area contributed by atoms with Gasteiger partial charge in [0.25, 0.3) is 0 Å². The molecule has 4 aromatic carbocycles. The number of ether oxygens (including phenoxy) is 2. The summed E-state index contributed by atoms with van der Waals surface area (Å²) in [6, 6.07) is 21.3. The molecule has 6 rings (SSSR count). The van der Waals surface area contributed by atoms with E-state index in [1.54, 1.807) is 14.2 Å². The van der Waals surface area contributed by atoms with Gasteiger partial charge in [-0.1, -0.05) is 48.5 Å². The van der Waals surface area contributed by atoms with Gasteiger partial charge in [0.1, 0.15) is 24.8 Å². The Morgan fingerprint density at radius 1 is 0.611 bits per heavy atom. The van der Waals surface area contributed by atoms with Crippen molar-refractivity contribution in [3.8, 4) is 34.0 Å². The van der Waals surface area contributed by atoms with Crippen LogP contribution in [0.25, 0.3) is 44.0 Å². The van der Waals surface area contributed by atoms with E-state index in [-0.39, 0.29) is 0 Å².